The molecule has 0 aromatic rings. The van der Waals surface area contributed by atoms with Crippen molar-refractivity contribution in [2.45, 2.75) is 42.5 Å². The van der Waals surface area contributed by atoms with Gasteiger partial charge in [-0.2, -0.15) is 4.39 Å². The normalized spacial score (nSPS) is 42.7. The molecule has 0 radical (unpaired) electrons. The van der Waals surface area contributed by atoms with Crippen LogP contribution in [0.15, 0.2) is 0 Å². The van der Waals surface area contributed by atoms with Crippen LogP contribution in [0.1, 0.15) is 0 Å². The monoisotopic (exact) mass is 288 g/mol. The molecule has 0 saturated carbocycles. The number of halogens is 2. The second-order valence-electron chi connectivity index (χ2n) is 4.16. The van der Waals surface area contributed by atoms with Gasteiger partial charge in [0.05, 0.1) is 6.61 Å². The lowest BCUT2D eigenvalue weighted by atomic mass is 9.90. The van der Waals surface area contributed by atoms with E-state index in [0.717, 1.165) is 0 Å². The second kappa shape index (κ2) is 5.61. The number of carboxylic acid groups (broad SMARTS) is 1. The van der Waals surface area contributed by atoms with E-state index in [9.17, 15) is 28.9 Å². The molecule has 1 rings (SSSR count). The van der Waals surface area contributed by atoms with Crippen molar-refractivity contribution >= 4 is 5.97 Å². The van der Waals surface area contributed by atoms with Gasteiger partial charge >= 0.3 is 11.8 Å². The Morgan fingerprint density at radius 1 is 1.32 bits per heavy atom. The zero-order chi connectivity index (χ0) is 15.0. The van der Waals surface area contributed by atoms with Gasteiger partial charge in [-0.3, -0.25) is 0 Å². The minimum absolute atomic E-state index is 1.00. The van der Waals surface area contributed by atoms with Crippen molar-refractivity contribution in [3.05, 3.63) is 0 Å². The van der Waals surface area contributed by atoms with Gasteiger partial charge in [-0.15, -0.1) is 0 Å². The minimum atomic E-state index is -3.99. The summed E-state index contributed by atoms with van der Waals surface area (Å²) in [6.45, 7) is -1.00. The quantitative estimate of drug-likeness (QED) is 0.319. The highest BCUT2D eigenvalue weighted by Gasteiger charge is 2.62. The molecule has 0 amide bonds. The number of aliphatic carboxylic acids is 1. The van der Waals surface area contributed by atoms with Gasteiger partial charge in [-0.1, -0.05) is 0 Å². The molecule has 6 N–H and O–H groups in total. The number of aliphatic hydroxyl groups excluding tert-OH is 5. The van der Waals surface area contributed by atoms with Gasteiger partial charge in [0.1, 0.15) is 30.5 Å². The highest BCUT2D eigenvalue weighted by molar-refractivity contribution is 5.76. The van der Waals surface area contributed by atoms with Crippen molar-refractivity contribution < 1.29 is 49.0 Å². The number of aliphatic hydroxyl groups is 5. The molecule has 7 atom stereocenters. The maximum Gasteiger partial charge on any atom is 0.372 e. The lowest BCUT2D eigenvalue weighted by Gasteiger charge is -2.43. The Kier molecular flexibility index (Phi) is 4.76. The van der Waals surface area contributed by atoms with E-state index in [1.54, 1.807) is 0 Å². The molecule has 10 heteroatoms. The van der Waals surface area contributed by atoms with Gasteiger partial charge in [0.2, 0.25) is 0 Å². The van der Waals surface area contributed by atoms with Crippen molar-refractivity contribution in [2.24, 2.45) is 0 Å². The van der Waals surface area contributed by atoms with Crippen LogP contribution in [-0.4, -0.2) is 85.8 Å². The van der Waals surface area contributed by atoms with Crippen LogP contribution in [0.3, 0.4) is 0 Å². The predicted octanol–water partition coefficient (Wildman–Crippen LogP) is -3.09. The van der Waals surface area contributed by atoms with E-state index >= 15 is 0 Å². The standard InChI is InChI=1S/C9H14F2O8/c10-7-5(16)4(15)6(3(14)2(13)1-12)19-9(7,11)8(17)18/h2-7,12-16H,1H2,(H,17,18)/t2-,3-,4-,5-,6-,7?,9?/m1/s1. The number of hydrogen-bond acceptors (Lipinski definition) is 7. The molecule has 0 aromatic heterocycles. The van der Waals surface area contributed by atoms with Crippen LogP contribution in [0.25, 0.3) is 0 Å². The number of carbonyl (C=O) groups is 1. The number of carboxylic acids is 1. The summed E-state index contributed by atoms with van der Waals surface area (Å²) in [5.74, 6) is -6.39. The number of alkyl halides is 2. The molecule has 1 fully saturated rings. The third-order valence-electron chi connectivity index (χ3n) is 2.86. The Balaban J connectivity index is 3.04. The predicted molar refractivity (Wildman–Crippen MR) is 52.4 cm³/mol. The fraction of sp³-hybridized carbons (Fsp3) is 0.889. The fourth-order valence-electron chi connectivity index (χ4n) is 1.69. The Hall–Kier alpha value is -0.910. The van der Waals surface area contributed by atoms with Crippen LogP contribution >= 0.6 is 0 Å². The topological polar surface area (TPSA) is 148 Å². The maximum atomic E-state index is 13.8. The largest absolute Gasteiger partial charge is 0.477 e. The lowest BCUT2D eigenvalue weighted by Crippen LogP contribution is -2.67. The van der Waals surface area contributed by atoms with E-state index in [4.69, 9.17) is 15.3 Å². The first-order valence-corrected chi connectivity index (χ1v) is 5.24. The van der Waals surface area contributed by atoms with Gasteiger partial charge in [-0.05, 0) is 0 Å². The Morgan fingerprint density at radius 2 is 1.84 bits per heavy atom. The molecule has 1 aliphatic rings. The molecule has 1 aliphatic heterocycles. The zero-order valence-corrected chi connectivity index (χ0v) is 9.43. The molecule has 0 bridgehead atoms. The molecule has 1 saturated heterocycles. The van der Waals surface area contributed by atoms with E-state index in [1.165, 1.54) is 0 Å². The van der Waals surface area contributed by atoms with E-state index < -0.39 is 55.1 Å². The number of ether oxygens (including phenoxy) is 1. The van der Waals surface area contributed by atoms with Gasteiger partial charge in [-0.25, -0.2) is 9.18 Å². The highest BCUT2D eigenvalue weighted by Crippen LogP contribution is 2.35. The molecular formula is C9H14F2O8. The highest BCUT2D eigenvalue weighted by atomic mass is 19.2. The van der Waals surface area contributed by atoms with Gasteiger partial charge < -0.3 is 35.4 Å². The molecule has 0 aliphatic carbocycles. The van der Waals surface area contributed by atoms with Crippen LogP contribution in [0, 0.1) is 0 Å². The first-order valence-electron chi connectivity index (χ1n) is 5.24. The molecule has 1 heterocycles. The first kappa shape index (κ1) is 16.1. The molecule has 19 heavy (non-hydrogen) atoms. The lowest BCUT2D eigenvalue weighted by molar-refractivity contribution is -0.313. The SMILES string of the molecule is O=C(O)C1(F)O[C@H]([C@H](O)[C@H](O)CO)[C@H](O)[C@@H](O)C1F. The molecule has 0 aromatic carbocycles. The van der Waals surface area contributed by atoms with Gasteiger partial charge in [0.25, 0.3) is 0 Å². The number of hydrogen-bond donors (Lipinski definition) is 6. The van der Waals surface area contributed by atoms with E-state index in [1.807, 2.05) is 0 Å². The third-order valence-corrected chi connectivity index (χ3v) is 2.86. The molecule has 2 unspecified atom stereocenters. The summed E-state index contributed by atoms with van der Waals surface area (Å²) in [5.41, 5.74) is 0. The van der Waals surface area contributed by atoms with Gasteiger partial charge in [0.15, 0.2) is 6.17 Å². The van der Waals surface area contributed by atoms with Crippen LogP contribution in [0.4, 0.5) is 8.78 Å². The summed E-state index contributed by atoms with van der Waals surface area (Å²) >= 11 is 0. The third kappa shape index (κ3) is 2.68. The summed E-state index contributed by atoms with van der Waals surface area (Å²) in [6, 6.07) is 0. The van der Waals surface area contributed by atoms with Crippen molar-refractivity contribution in [3.63, 3.8) is 0 Å². The van der Waals surface area contributed by atoms with Crippen molar-refractivity contribution in [2.75, 3.05) is 6.61 Å². The summed E-state index contributed by atoms with van der Waals surface area (Å²) in [6.07, 6.45) is -13.9. The van der Waals surface area contributed by atoms with Gasteiger partial charge in [0, 0.05) is 0 Å². The van der Waals surface area contributed by atoms with Crippen LogP contribution in [-0.2, 0) is 9.53 Å². The summed E-state index contributed by atoms with van der Waals surface area (Å²) in [7, 11) is 0. The molecule has 112 valence electrons. The minimum Gasteiger partial charge on any atom is -0.477 e. The maximum absolute atomic E-state index is 13.8. The van der Waals surface area contributed by atoms with E-state index in [2.05, 4.69) is 4.74 Å². The van der Waals surface area contributed by atoms with E-state index in [-0.39, 0.29) is 0 Å². The number of rotatable bonds is 4. The average Bonchev–Trinajstić information content (AvgIpc) is 2.38. The molecule has 8 nitrogen and oxygen atoms in total. The first-order chi connectivity index (χ1) is 8.66. The average molecular weight is 288 g/mol. The van der Waals surface area contributed by atoms with Crippen LogP contribution < -0.4 is 0 Å². The van der Waals surface area contributed by atoms with Crippen LogP contribution in [0.2, 0.25) is 0 Å². The summed E-state index contributed by atoms with van der Waals surface area (Å²) < 4.78 is 31.3. The van der Waals surface area contributed by atoms with Crippen LogP contribution in [0.5, 0.6) is 0 Å². The summed E-state index contributed by atoms with van der Waals surface area (Å²) in [5, 5.41) is 54.3. The van der Waals surface area contributed by atoms with Crippen molar-refractivity contribution in [1.82, 2.24) is 0 Å². The smallest absolute Gasteiger partial charge is 0.372 e. The molecular weight excluding hydrogens is 274 g/mol. The Labute approximate surface area is 105 Å². The fourth-order valence-corrected chi connectivity index (χ4v) is 1.69. The Morgan fingerprint density at radius 3 is 2.26 bits per heavy atom. The van der Waals surface area contributed by atoms with Crippen molar-refractivity contribution in [1.29, 1.82) is 0 Å². The van der Waals surface area contributed by atoms with Crippen molar-refractivity contribution in [3.8, 4) is 0 Å². The van der Waals surface area contributed by atoms with E-state index in [0.29, 0.717) is 0 Å². The second-order valence-corrected chi connectivity index (χ2v) is 4.16. The summed E-state index contributed by atoms with van der Waals surface area (Å²) in [4.78, 5) is 10.6. The zero-order valence-electron chi connectivity index (χ0n) is 9.43. The Bertz CT molecular complexity index is 338. The molecule has 0 spiro atoms.